The highest BCUT2D eigenvalue weighted by Crippen LogP contribution is 2.21. The second-order valence-corrected chi connectivity index (χ2v) is 9.22. The second kappa shape index (κ2) is 9.26. The molecule has 4 aromatic rings. The van der Waals surface area contributed by atoms with Gasteiger partial charge in [-0.3, -0.25) is 18.5 Å². The summed E-state index contributed by atoms with van der Waals surface area (Å²) in [6, 6.07) is 15.9. The lowest BCUT2D eigenvalue weighted by Crippen LogP contribution is -2.37. The molecule has 0 bridgehead atoms. The van der Waals surface area contributed by atoms with Gasteiger partial charge < -0.3 is 5.32 Å². The summed E-state index contributed by atoms with van der Waals surface area (Å²) in [5.74, 6) is 1.38. The van der Waals surface area contributed by atoms with Crippen LogP contribution in [0.4, 0.5) is 5.95 Å². The van der Waals surface area contributed by atoms with Gasteiger partial charge in [0, 0.05) is 36.3 Å². The largest absolute Gasteiger partial charge is 0.355 e. The van der Waals surface area contributed by atoms with Crippen LogP contribution >= 0.6 is 23.4 Å². The van der Waals surface area contributed by atoms with Crippen LogP contribution < -0.4 is 16.6 Å². The van der Waals surface area contributed by atoms with Crippen molar-refractivity contribution >= 4 is 40.5 Å². The van der Waals surface area contributed by atoms with Crippen molar-refractivity contribution in [2.45, 2.75) is 18.4 Å². The maximum Gasteiger partial charge on any atom is 0.332 e. The summed E-state index contributed by atoms with van der Waals surface area (Å²) in [7, 11) is 3.11. The lowest BCUT2D eigenvalue weighted by Gasteiger charge is -2.11. The molecule has 0 unspecified atom stereocenters. The molecular weight excluding hydrogens is 446 g/mol. The summed E-state index contributed by atoms with van der Waals surface area (Å²) < 4.78 is 4.34. The molecule has 0 aliphatic carbocycles. The zero-order chi connectivity index (χ0) is 22.8. The van der Waals surface area contributed by atoms with E-state index in [0.29, 0.717) is 35.2 Å². The monoisotopic (exact) mass is 469 g/mol. The quantitative estimate of drug-likeness (QED) is 0.330. The second-order valence-electron chi connectivity index (χ2n) is 7.61. The van der Waals surface area contributed by atoms with Crippen molar-refractivity contribution in [3.05, 3.63) is 85.5 Å². The first-order valence-electron chi connectivity index (χ1n) is 10.2. The average molecular weight is 470 g/mol. The number of thioether (sulfide) groups is 1. The van der Waals surface area contributed by atoms with Crippen LogP contribution in [0.25, 0.3) is 11.2 Å². The maximum atomic E-state index is 13.0. The van der Waals surface area contributed by atoms with Crippen molar-refractivity contribution in [3.8, 4) is 0 Å². The predicted molar refractivity (Wildman–Crippen MR) is 131 cm³/mol. The zero-order valence-electron chi connectivity index (χ0n) is 18.1. The van der Waals surface area contributed by atoms with Gasteiger partial charge in [-0.2, -0.15) is 4.98 Å². The van der Waals surface area contributed by atoms with Crippen molar-refractivity contribution < 1.29 is 0 Å². The molecule has 0 saturated carbocycles. The highest BCUT2D eigenvalue weighted by Gasteiger charge is 2.19. The summed E-state index contributed by atoms with van der Waals surface area (Å²) in [5, 5.41) is 4.00. The van der Waals surface area contributed by atoms with Gasteiger partial charge in [0.2, 0.25) is 5.95 Å². The Bertz CT molecular complexity index is 1370. The number of aryl methyl sites for hydroxylation is 2. The standard InChI is InChI=1S/C23H24ClN5O2S/c1-15-4-10-18(11-5-15)32-13-12-25-22-26-20-19(21(30)28(3)23(31)27(20)2)29(22)14-16-6-8-17(24)9-7-16/h4-11H,12-14H2,1-3H3,(H,25,26). The lowest BCUT2D eigenvalue weighted by atomic mass is 10.2. The van der Waals surface area contributed by atoms with Crippen molar-refractivity contribution in [2.24, 2.45) is 14.1 Å². The van der Waals surface area contributed by atoms with E-state index >= 15 is 0 Å². The molecule has 4 rings (SSSR count). The van der Waals surface area contributed by atoms with Crippen LogP contribution in [0.2, 0.25) is 5.02 Å². The maximum absolute atomic E-state index is 13.0. The Kier molecular flexibility index (Phi) is 6.43. The van der Waals surface area contributed by atoms with E-state index in [0.717, 1.165) is 15.9 Å². The zero-order valence-corrected chi connectivity index (χ0v) is 19.7. The Labute approximate surface area is 194 Å². The van der Waals surface area contributed by atoms with Crippen LogP contribution in [0, 0.1) is 6.92 Å². The fraction of sp³-hybridized carbons (Fsp3) is 0.261. The fourth-order valence-electron chi connectivity index (χ4n) is 3.47. The first-order chi connectivity index (χ1) is 15.3. The lowest BCUT2D eigenvalue weighted by molar-refractivity contribution is 0.702. The first-order valence-corrected chi connectivity index (χ1v) is 11.6. The van der Waals surface area contributed by atoms with Gasteiger partial charge in [-0.25, -0.2) is 4.79 Å². The van der Waals surface area contributed by atoms with Gasteiger partial charge in [-0.15, -0.1) is 11.8 Å². The number of imidazole rings is 1. The molecule has 0 aliphatic heterocycles. The van der Waals surface area contributed by atoms with Crippen LogP contribution in [-0.4, -0.2) is 31.0 Å². The van der Waals surface area contributed by atoms with Gasteiger partial charge in [-0.1, -0.05) is 41.4 Å². The fourth-order valence-corrected chi connectivity index (χ4v) is 4.37. The minimum Gasteiger partial charge on any atom is -0.355 e. The third-order valence-corrected chi connectivity index (χ3v) is 6.54. The molecular formula is C23H24ClN5O2S. The molecule has 32 heavy (non-hydrogen) atoms. The summed E-state index contributed by atoms with van der Waals surface area (Å²) >= 11 is 7.77. The van der Waals surface area contributed by atoms with E-state index < -0.39 is 5.69 Å². The first kappa shape index (κ1) is 22.2. The Morgan fingerprint density at radius 2 is 1.69 bits per heavy atom. The molecule has 0 fully saturated rings. The number of nitrogens with zero attached hydrogens (tertiary/aromatic N) is 4. The predicted octanol–water partition coefficient (Wildman–Crippen LogP) is 3.65. The molecule has 0 radical (unpaired) electrons. The van der Waals surface area contributed by atoms with E-state index in [1.165, 1.54) is 22.1 Å². The van der Waals surface area contributed by atoms with Gasteiger partial charge in [0.15, 0.2) is 11.2 Å². The smallest absolute Gasteiger partial charge is 0.332 e. The molecule has 2 heterocycles. The Balaban J connectivity index is 1.65. The molecule has 0 spiro atoms. The number of hydrogen-bond acceptors (Lipinski definition) is 5. The van der Waals surface area contributed by atoms with Gasteiger partial charge in [0.1, 0.15) is 0 Å². The Hall–Kier alpha value is -2.97. The molecule has 0 saturated heterocycles. The number of hydrogen-bond donors (Lipinski definition) is 1. The number of benzene rings is 2. The number of rotatable bonds is 7. The van der Waals surface area contributed by atoms with Gasteiger partial charge in [0.25, 0.3) is 5.56 Å². The Morgan fingerprint density at radius 1 is 1.00 bits per heavy atom. The molecule has 7 nitrogen and oxygen atoms in total. The molecule has 2 aromatic heterocycles. The van der Waals surface area contributed by atoms with Crippen LogP contribution in [-0.2, 0) is 20.6 Å². The van der Waals surface area contributed by atoms with E-state index in [4.69, 9.17) is 11.6 Å². The summed E-state index contributed by atoms with van der Waals surface area (Å²) in [4.78, 5) is 31.2. The molecule has 166 valence electrons. The minimum absolute atomic E-state index is 0.362. The van der Waals surface area contributed by atoms with Crippen molar-refractivity contribution in [1.29, 1.82) is 0 Å². The minimum atomic E-state index is -0.403. The van der Waals surface area contributed by atoms with Gasteiger partial charge in [-0.05, 0) is 36.8 Å². The summed E-state index contributed by atoms with van der Waals surface area (Å²) in [6.45, 7) is 3.14. The van der Waals surface area contributed by atoms with Crippen molar-refractivity contribution in [3.63, 3.8) is 0 Å². The number of anilines is 1. The number of nitrogens with one attached hydrogen (secondary N) is 1. The summed E-state index contributed by atoms with van der Waals surface area (Å²) in [5.41, 5.74) is 2.18. The van der Waals surface area contributed by atoms with E-state index in [1.807, 2.05) is 28.8 Å². The van der Waals surface area contributed by atoms with Crippen LogP contribution in [0.1, 0.15) is 11.1 Å². The molecule has 2 aromatic carbocycles. The van der Waals surface area contributed by atoms with E-state index in [9.17, 15) is 9.59 Å². The van der Waals surface area contributed by atoms with Crippen molar-refractivity contribution in [2.75, 3.05) is 17.6 Å². The highest BCUT2D eigenvalue weighted by atomic mass is 35.5. The molecule has 9 heteroatoms. The van der Waals surface area contributed by atoms with Crippen LogP contribution in [0.5, 0.6) is 0 Å². The van der Waals surface area contributed by atoms with Gasteiger partial charge in [0.05, 0.1) is 6.54 Å². The van der Waals surface area contributed by atoms with Crippen molar-refractivity contribution in [1.82, 2.24) is 18.7 Å². The number of halogens is 1. The average Bonchev–Trinajstić information content (AvgIpc) is 3.15. The molecule has 1 N–H and O–H groups in total. The topological polar surface area (TPSA) is 73.8 Å². The third kappa shape index (κ3) is 4.47. The SMILES string of the molecule is Cc1ccc(SCCNc2nc3c(c(=O)n(C)c(=O)n3C)n2Cc2ccc(Cl)cc2)cc1. The number of fused-ring (bicyclic) bond motifs is 1. The van der Waals surface area contributed by atoms with E-state index in [1.54, 1.807) is 18.8 Å². The van der Waals surface area contributed by atoms with E-state index in [-0.39, 0.29) is 5.56 Å². The molecule has 0 amide bonds. The summed E-state index contributed by atoms with van der Waals surface area (Å²) in [6.07, 6.45) is 0. The van der Waals surface area contributed by atoms with Crippen LogP contribution in [0.15, 0.2) is 63.0 Å². The number of aromatic nitrogens is 4. The highest BCUT2D eigenvalue weighted by molar-refractivity contribution is 7.99. The molecule has 0 atom stereocenters. The third-order valence-electron chi connectivity index (χ3n) is 5.28. The van der Waals surface area contributed by atoms with Crippen LogP contribution in [0.3, 0.4) is 0 Å². The molecule has 0 aliphatic rings. The van der Waals surface area contributed by atoms with Gasteiger partial charge >= 0.3 is 5.69 Å². The van der Waals surface area contributed by atoms with E-state index in [2.05, 4.69) is 41.5 Å². The Morgan fingerprint density at radius 3 is 2.38 bits per heavy atom. The normalized spacial score (nSPS) is 11.2.